The van der Waals surface area contributed by atoms with Crippen LogP contribution in [0.2, 0.25) is 5.02 Å². The van der Waals surface area contributed by atoms with Crippen LogP contribution in [0.4, 0.5) is 0 Å². The van der Waals surface area contributed by atoms with Gasteiger partial charge in [-0.1, -0.05) is 44.5 Å². The molecule has 0 fully saturated rings. The molecule has 0 saturated heterocycles. The zero-order valence-electron chi connectivity index (χ0n) is 10.9. The smallest absolute Gasteiger partial charge is 0.132 e. The first kappa shape index (κ1) is 11.8. The maximum atomic E-state index is 6.32. The number of fused-ring (bicyclic) bond motifs is 3. The van der Waals surface area contributed by atoms with E-state index in [0.717, 1.165) is 35.2 Å². The summed E-state index contributed by atoms with van der Waals surface area (Å²) in [7, 11) is 0. The third-order valence-electron chi connectivity index (χ3n) is 3.37. The third-order valence-corrected chi connectivity index (χ3v) is 3.65. The summed E-state index contributed by atoms with van der Waals surface area (Å²) in [4.78, 5) is 4.52. The van der Waals surface area contributed by atoms with Gasteiger partial charge in [0.25, 0.3) is 0 Å². The molecule has 0 saturated carbocycles. The van der Waals surface area contributed by atoms with Crippen LogP contribution in [0.1, 0.15) is 32.0 Å². The minimum Gasteiger partial charge on any atom is -0.492 e. The van der Waals surface area contributed by atoms with E-state index in [-0.39, 0.29) is 5.41 Å². The van der Waals surface area contributed by atoms with E-state index in [4.69, 9.17) is 16.3 Å². The molecule has 0 amide bonds. The van der Waals surface area contributed by atoms with Gasteiger partial charge in [0.2, 0.25) is 0 Å². The van der Waals surface area contributed by atoms with Crippen LogP contribution in [0.25, 0.3) is 10.8 Å². The largest absolute Gasteiger partial charge is 0.492 e. The molecule has 2 aromatic rings. The summed E-state index contributed by atoms with van der Waals surface area (Å²) in [5, 5.41) is 2.80. The van der Waals surface area contributed by atoms with Gasteiger partial charge < -0.3 is 4.74 Å². The second kappa shape index (κ2) is 3.86. The molecule has 1 aliphatic heterocycles. The molecule has 0 bridgehead atoms. The Bertz CT molecular complexity index is 628. The highest BCUT2D eigenvalue weighted by Crippen LogP contribution is 2.41. The molecule has 3 rings (SSSR count). The van der Waals surface area contributed by atoms with Crippen LogP contribution in [0.5, 0.6) is 5.75 Å². The standard InChI is InChI=1S/C15H16ClNO/c1-15(2,3)14-10-5-4-9-6-7-18-13(9)12(10)11(16)8-17-14/h4-5,8H,6-7H2,1-3H3. The summed E-state index contributed by atoms with van der Waals surface area (Å²) < 4.78 is 5.75. The maximum absolute atomic E-state index is 6.32. The number of ether oxygens (including phenoxy) is 1. The zero-order chi connectivity index (χ0) is 12.9. The Morgan fingerprint density at radius 1 is 1.28 bits per heavy atom. The van der Waals surface area contributed by atoms with Crippen LogP contribution in [-0.4, -0.2) is 11.6 Å². The van der Waals surface area contributed by atoms with Gasteiger partial charge in [0, 0.05) is 28.8 Å². The van der Waals surface area contributed by atoms with Crippen LogP contribution < -0.4 is 4.74 Å². The molecule has 0 N–H and O–H groups in total. The van der Waals surface area contributed by atoms with Gasteiger partial charge in [0.15, 0.2) is 0 Å². The second-order valence-electron chi connectivity index (χ2n) is 5.78. The lowest BCUT2D eigenvalue weighted by atomic mass is 9.87. The first-order chi connectivity index (χ1) is 8.48. The lowest BCUT2D eigenvalue weighted by molar-refractivity contribution is 0.360. The summed E-state index contributed by atoms with van der Waals surface area (Å²) in [6.45, 7) is 7.24. The fourth-order valence-electron chi connectivity index (χ4n) is 2.54. The van der Waals surface area contributed by atoms with Crippen LogP contribution >= 0.6 is 11.6 Å². The van der Waals surface area contributed by atoms with Gasteiger partial charge in [-0.15, -0.1) is 0 Å². The molecule has 1 aromatic carbocycles. The van der Waals surface area contributed by atoms with E-state index in [1.807, 2.05) is 0 Å². The number of benzene rings is 1. The first-order valence-electron chi connectivity index (χ1n) is 6.22. The molecule has 3 heteroatoms. The highest BCUT2D eigenvalue weighted by atomic mass is 35.5. The SMILES string of the molecule is CC(C)(C)c1ncc(Cl)c2c3c(ccc12)CCO3. The highest BCUT2D eigenvalue weighted by Gasteiger charge is 2.24. The lowest BCUT2D eigenvalue weighted by Crippen LogP contribution is -2.14. The van der Waals surface area contributed by atoms with Crippen molar-refractivity contribution in [1.29, 1.82) is 0 Å². The summed E-state index contributed by atoms with van der Waals surface area (Å²) >= 11 is 6.32. The van der Waals surface area contributed by atoms with Crippen molar-refractivity contribution in [2.75, 3.05) is 6.61 Å². The van der Waals surface area contributed by atoms with Crippen LogP contribution in [0.3, 0.4) is 0 Å². The molecule has 1 aliphatic rings. The summed E-state index contributed by atoms with van der Waals surface area (Å²) in [5.74, 6) is 0.949. The zero-order valence-corrected chi connectivity index (χ0v) is 11.6. The molecule has 0 atom stereocenters. The average molecular weight is 262 g/mol. The van der Waals surface area contributed by atoms with Crippen molar-refractivity contribution in [1.82, 2.24) is 4.98 Å². The first-order valence-corrected chi connectivity index (χ1v) is 6.59. The van der Waals surface area contributed by atoms with Gasteiger partial charge in [-0.05, 0) is 5.56 Å². The van der Waals surface area contributed by atoms with Crippen molar-refractivity contribution in [3.05, 3.63) is 34.6 Å². The van der Waals surface area contributed by atoms with E-state index in [1.165, 1.54) is 5.56 Å². The van der Waals surface area contributed by atoms with E-state index in [9.17, 15) is 0 Å². The second-order valence-corrected chi connectivity index (χ2v) is 6.19. The van der Waals surface area contributed by atoms with Gasteiger partial charge in [-0.2, -0.15) is 0 Å². The Morgan fingerprint density at radius 3 is 2.78 bits per heavy atom. The Kier molecular flexibility index (Phi) is 2.53. The molecule has 0 unspecified atom stereocenters. The quantitative estimate of drug-likeness (QED) is 0.712. The van der Waals surface area contributed by atoms with Gasteiger partial charge in [-0.3, -0.25) is 4.98 Å². The molecule has 0 aliphatic carbocycles. The molecule has 2 heterocycles. The maximum Gasteiger partial charge on any atom is 0.132 e. The fourth-order valence-corrected chi connectivity index (χ4v) is 2.77. The van der Waals surface area contributed by atoms with Crippen LogP contribution in [0, 0.1) is 0 Å². The molecule has 2 nitrogen and oxygen atoms in total. The van der Waals surface area contributed by atoms with E-state index in [1.54, 1.807) is 6.20 Å². The number of rotatable bonds is 0. The van der Waals surface area contributed by atoms with Gasteiger partial charge >= 0.3 is 0 Å². The van der Waals surface area contributed by atoms with E-state index in [2.05, 4.69) is 37.9 Å². The molecular formula is C15H16ClNO. The Hall–Kier alpha value is -1.28. The summed E-state index contributed by atoms with van der Waals surface area (Å²) in [5.41, 5.74) is 2.31. The number of nitrogens with zero attached hydrogens (tertiary/aromatic N) is 1. The van der Waals surface area contributed by atoms with Crippen molar-refractivity contribution in [3.63, 3.8) is 0 Å². The van der Waals surface area contributed by atoms with Crippen molar-refractivity contribution in [3.8, 4) is 5.75 Å². The van der Waals surface area contributed by atoms with Gasteiger partial charge in [-0.25, -0.2) is 0 Å². The van der Waals surface area contributed by atoms with E-state index < -0.39 is 0 Å². The van der Waals surface area contributed by atoms with Crippen molar-refractivity contribution >= 4 is 22.4 Å². The predicted molar refractivity (Wildman–Crippen MR) is 74.7 cm³/mol. The average Bonchev–Trinajstić information content (AvgIpc) is 2.75. The molecule has 1 aromatic heterocycles. The molecule has 94 valence electrons. The molecular weight excluding hydrogens is 246 g/mol. The lowest BCUT2D eigenvalue weighted by Gasteiger charge is -2.21. The monoisotopic (exact) mass is 261 g/mol. The number of halogens is 1. The van der Waals surface area contributed by atoms with Crippen LogP contribution in [0.15, 0.2) is 18.3 Å². The van der Waals surface area contributed by atoms with E-state index in [0.29, 0.717) is 5.02 Å². The topological polar surface area (TPSA) is 22.1 Å². The Labute approximate surface area is 112 Å². The molecule has 0 spiro atoms. The number of hydrogen-bond acceptors (Lipinski definition) is 2. The van der Waals surface area contributed by atoms with Crippen molar-refractivity contribution < 1.29 is 4.74 Å². The number of aromatic nitrogens is 1. The van der Waals surface area contributed by atoms with Gasteiger partial charge in [0.05, 0.1) is 17.3 Å². The van der Waals surface area contributed by atoms with E-state index >= 15 is 0 Å². The Balaban J connectivity index is 2.41. The third kappa shape index (κ3) is 1.67. The van der Waals surface area contributed by atoms with Crippen LogP contribution in [-0.2, 0) is 11.8 Å². The normalized spacial score (nSPS) is 14.7. The predicted octanol–water partition coefficient (Wildman–Crippen LogP) is 4.12. The molecule has 0 radical (unpaired) electrons. The highest BCUT2D eigenvalue weighted by molar-refractivity contribution is 6.36. The van der Waals surface area contributed by atoms with Crippen molar-refractivity contribution in [2.24, 2.45) is 0 Å². The minimum atomic E-state index is -0.00429. The van der Waals surface area contributed by atoms with Gasteiger partial charge in [0.1, 0.15) is 5.75 Å². The number of hydrogen-bond donors (Lipinski definition) is 0. The Morgan fingerprint density at radius 2 is 2.06 bits per heavy atom. The number of pyridine rings is 1. The summed E-state index contributed by atoms with van der Waals surface area (Å²) in [6.07, 6.45) is 2.71. The fraction of sp³-hybridized carbons (Fsp3) is 0.400. The van der Waals surface area contributed by atoms with Crippen molar-refractivity contribution in [2.45, 2.75) is 32.6 Å². The minimum absolute atomic E-state index is 0.00429. The molecule has 18 heavy (non-hydrogen) atoms. The summed E-state index contributed by atoms with van der Waals surface area (Å²) in [6, 6.07) is 4.26.